The van der Waals surface area contributed by atoms with Crippen LogP contribution in [0.4, 0.5) is 9.18 Å². The Balaban J connectivity index is 2.05. The lowest BCUT2D eigenvalue weighted by Crippen LogP contribution is -2.51. The van der Waals surface area contributed by atoms with Crippen molar-refractivity contribution in [1.29, 1.82) is 0 Å². The number of carbonyl (C=O) groups excluding carboxylic acids is 1. The Morgan fingerprint density at radius 3 is 2.69 bits per heavy atom. The van der Waals surface area contributed by atoms with Gasteiger partial charge in [0.2, 0.25) is 10.0 Å². The third kappa shape index (κ3) is 5.67. The summed E-state index contributed by atoms with van der Waals surface area (Å²) in [5.41, 5.74) is -0.198. The number of likely N-dealkylation sites (N-methyl/N-ethyl adjacent to an activating group) is 1. The summed E-state index contributed by atoms with van der Waals surface area (Å²) in [6.07, 6.45) is 0.897. The van der Waals surface area contributed by atoms with Crippen LogP contribution in [-0.2, 0) is 20.5 Å². The highest BCUT2D eigenvalue weighted by atomic mass is 32.2. The van der Waals surface area contributed by atoms with Gasteiger partial charge in [-0.2, -0.15) is 4.31 Å². The average molecular weight is 386 g/mol. The molecule has 1 unspecified atom stereocenters. The van der Waals surface area contributed by atoms with Gasteiger partial charge in [0, 0.05) is 26.2 Å². The Labute approximate surface area is 155 Å². The quantitative estimate of drug-likeness (QED) is 0.798. The standard InChI is InChI=1S/C18H27FN2O4S/c1-18(2,3)25-17(22)20(4)16-9-6-10-21(12-16)26(23,24)13-14-7-5-8-15(19)11-14/h5,7-8,11,16H,6,9-10,12-13H2,1-4H3. The predicted molar refractivity (Wildman–Crippen MR) is 97.6 cm³/mol. The van der Waals surface area contributed by atoms with Crippen molar-refractivity contribution in [3.8, 4) is 0 Å². The molecule has 6 nitrogen and oxygen atoms in total. The fourth-order valence-electron chi connectivity index (χ4n) is 2.90. The molecular formula is C18H27FN2O4S. The lowest BCUT2D eigenvalue weighted by Gasteiger charge is -2.37. The van der Waals surface area contributed by atoms with Crippen LogP contribution in [0, 0.1) is 5.82 Å². The molecule has 1 heterocycles. The monoisotopic (exact) mass is 386 g/mol. The van der Waals surface area contributed by atoms with E-state index in [1.54, 1.807) is 33.9 Å². The molecule has 1 aromatic rings. The largest absolute Gasteiger partial charge is 0.444 e. The topological polar surface area (TPSA) is 66.9 Å². The second-order valence-corrected chi connectivity index (χ2v) is 9.60. The predicted octanol–water partition coefficient (Wildman–Crippen LogP) is 2.99. The van der Waals surface area contributed by atoms with Gasteiger partial charge < -0.3 is 9.64 Å². The summed E-state index contributed by atoms with van der Waals surface area (Å²) in [5.74, 6) is -0.716. The summed E-state index contributed by atoms with van der Waals surface area (Å²) < 4.78 is 45.5. The first kappa shape index (κ1) is 20.6. The molecule has 1 aliphatic rings. The molecule has 0 bridgehead atoms. The van der Waals surface area contributed by atoms with Gasteiger partial charge in [-0.15, -0.1) is 0 Å². The van der Waals surface area contributed by atoms with Gasteiger partial charge in [0.25, 0.3) is 0 Å². The molecule has 1 aliphatic heterocycles. The highest BCUT2D eigenvalue weighted by molar-refractivity contribution is 7.88. The maximum absolute atomic E-state index is 13.3. The van der Waals surface area contributed by atoms with E-state index in [4.69, 9.17) is 4.74 Å². The first-order valence-corrected chi connectivity index (χ1v) is 10.3. The molecule has 0 aliphatic carbocycles. The van der Waals surface area contributed by atoms with Crippen LogP contribution in [0.3, 0.4) is 0 Å². The van der Waals surface area contributed by atoms with Crippen LogP contribution >= 0.6 is 0 Å². The van der Waals surface area contributed by atoms with Crippen molar-refractivity contribution in [3.63, 3.8) is 0 Å². The lowest BCUT2D eigenvalue weighted by molar-refractivity contribution is 0.0173. The van der Waals surface area contributed by atoms with Crippen molar-refractivity contribution in [3.05, 3.63) is 35.6 Å². The number of hydrogen-bond acceptors (Lipinski definition) is 4. The summed E-state index contributed by atoms with van der Waals surface area (Å²) in [6, 6.07) is 5.35. The minimum Gasteiger partial charge on any atom is -0.444 e. The van der Waals surface area contributed by atoms with Crippen LogP contribution in [0.1, 0.15) is 39.2 Å². The molecule has 1 amide bonds. The highest BCUT2D eigenvalue weighted by Crippen LogP contribution is 2.22. The number of carbonyl (C=O) groups is 1. The molecular weight excluding hydrogens is 359 g/mol. The van der Waals surface area contributed by atoms with Gasteiger partial charge in [0.05, 0.1) is 5.75 Å². The molecule has 1 atom stereocenters. The molecule has 1 fully saturated rings. The van der Waals surface area contributed by atoms with Crippen molar-refractivity contribution in [2.24, 2.45) is 0 Å². The zero-order chi connectivity index (χ0) is 19.5. The second kappa shape index (κ2) is 7.92. The van der Waals surface area contributed by atoms with E-state index in [1.807, 2.05) is 0 Å². The summed E-state index contributed by atoms with van der Waals surface area (Å²) in [6.45, 7) is 5.98. The number of piperidine rings is 1. The molecule has 0 N–H and O–H groups in total. The molecule has 0 radical (unpaired) electrons. The number of hydrogen-bond donors (Lipinski definition) is 0. The van der Waals surface area contributed by atoms with Crippen LogP contribution in [0.2, 0.25) is 0 Å². The third-order valence-corrected chi connectivity index (χ3v) is 6.04. The first-order chi connectivity index (χ1) is 12.0. The van der Waals surface area contributed by atoms with Gasteiger partial charge in [-0.05, 0) is 51.3 Å². The van der Waals surface area contributed by atoms with Gasteiger partial charge in [0.15, 0.2) is 0 Å². The molecule has 0 spiro atoms. The average Bonchev–Trinajstić information content (AvgIpc) is 2.52. The van der Waals surface area contributed by atoms with Crippen LogP contribution in [0.25, 0.3) is 0 Å². The molecule has 1 saturated heterocycles. The Morgan fingerprint density at radius 2 is 2.08 bits per heavy atom. The Kier molecular flexibility index (Phi) is 6.29. The smallest absolute Gasteiger partial charge is 0.410 e. The molecule has 0 aromatic heterocycles. The van der Waals surface area contributed by atoms with E-state index in [2.05, 4.69) is 0 Å². The van der Waals surface area contributed by atoms with Crippen LogP contribution in [-0.4, -0.2) is 55.5 Å². The zero-order valence-electron chi connectivity index (χ0n) is 15.7. The van der Waals surface area contributed by atoms with E-state index in [0.717, 1.165) is 0 Å². The lowest BCUT2D eigenvalue weighted by atomic mass is 10.1. The van der Waals surface area contributed by atoms with Crippen molar-refractivity contribution >= 4 is 16.1 Å². The zero-order valence-corrected chi connectivity index (χ0v) is 16.6. The van der Waals surface area contributed by atoms with Crippen LogP contribution in [0.5, 0.6) is 0 Å². The number of nitrogens with zero attached hydrogens (tertiary/aromatic N) is 2. The maximum Gasteiger partial charge on any atom is 0.410 e. The van der Waals surface area contributed by atoms with Gasteiger partial charge in [-0.3, -0.25) is 0 Å². The number of rotatable bonds is 4. The van der Waals surface area contributed by atoms with Crippen molar-refractivity contribution in [2.75, 3.05) is 20.1 Å². The maximum atomic E-state index is 13.3. The molecule has 2 rings (SSSR count). The van der Waals surface area contributed by atoms with Crippen LogP contribution in [0.15, 0.2) is 24.3 Å². The molecule has 1 aromatic carbocycles. The van der Waals surface area contributed by atoms with Crippen LogP contribution < -0.4 is 0 Å². The Hall–Kier alpha value is -1.67. The van der Waals surface area contributed by atoms with Gasteiger partial charge >= 0.3 is 6.09 Å². The Morgan fingerprint density at radius 1 is 1.38 bits per heavy atom. The van der Waals surface area contributed by atoms with Crippen molar-refractivity contribution < 1.29 is 22.3 Å². The van der Waals surface area contributed by atoms with E-state index in [0.29, 0.717) is 24.9 Å². The Bertz CT molecular complexity index is 746. The van der Waals surface area contributed by atoms with E-state index in [1.165, 1.54) is 27.4 Å². The van der Waals surface area contributed by atoms with E-state index in [-0.39, 0.29) is 18.3 Å². The summed E-state index contributed by atoms with van der Waals surface area (Å²) in [7, 11) is -1.97. The first-order valence-electron chi connectivity index (χ1n) is 8.66. The summed E-state index contributed by atoms with van der Waals surface area (Å²) >= 11 is 0. The number of halogens is 1. The normalized spacial score (nSPS) is 19.2. The van der Waals surface area contributed by atoms with Gasteiger partial charge in [-0.1, -0.05) is 12.1 Å². The molecule has 26 heavy (non-hydrogen) atoms. The summed E-state index contributed by atoms with van der Waals surface area (Å²) in [4.78, 5) is 13.7. The molecule has 146 valence electrons. The van der Waals surface area contributed by atoms with E-state index in [9.17, 15) is 17.6 Å². The minimum atomic E-state index is -3.59. The SMILES string of the molecule is CN(C(=O)OC(C)(C)C)C1CCCN(S(=O)(=O)Cc2cccc(F)c2)C1. The highest BCUT2D eigenvalue weighted by Gasteiger charge is 2.33. The van der Waals surface area contributed by atoms with Crippen molar-refractivity contribution in [1.82, 2.24) is 9.21 Å². The van der Waals surface area contributed by atoms with Crippen molar-refractivity contribution in [2.45, 2.75) is 51.0 Å². The second-order valence-electron chi connectivity index (χ2n) is 7.63. The van der Waals surface area contributed by atoms with Gasteiger partial charge in [0.1, 0.15) is 11.4 Å². The molecule has 0 saturated carbocycles. The number of benzene rings is 1. The number of amides is 1. The summed E-state index contributed by atoms with van der Waals surface area (Å²) in [5, 5.41) is 0. The van der Waals surface area contributed by atoms with E-state index < -0.39 is 27.5 Å². The minimum absolute atomic E-state index is 0.216. The fourth-order valence-corrected chi connectivity index (χ4v) is 4.49. The van der Waals surface area contributed by atoms with Gasteiger partial charge in [-0.25, -0.2) is 17.6 Å². The number of ether oxygens (including phenoxy) is 1. The fraction of sp³-hybridized carbons (Fsp3) is 0.611. The van der Waals surface area contributed by atoms with E-state index >= 15 is 0 Å². The molecule has 8 heteroatoms. The third-order valence-electron chi connectivity index (χ3n) is 4.22. The number of sulfonamides is 1.